The Balaban J connectivity index is 1.35. The smallest absolute Gasteiger partial charge is 0.408 e. The molecular formula is C32H40ClN3O6. The number of carbonyl (C=O) groups is 4. The van der Waals surface area contributed by atoms with Gasteiger partial charge in [0.25, 0.3) is 0 Å². The molecular weight excluding hydrogens is 558 g/mol. The first-order chi connectivity index (χ1) is 20.3. The summed E-state index contributed by atoms with van der Waals surface area (Å²) in [6.07, 6.45) is 5.81. The molecule has 2 N–H and O–H groups in total. The van der Waals surface area contributed by atoms with Crippen LogP contribution in [0, 0.1) is 11.8 Å². The quantitative estimate of drug-likeness (QED) is 0.351. The number of carbonyl (C=O) groups excluding carboxylic acids is 4. The van der Waals surface area contributed by atoms with E-state index in [2.05, 4.69) is 10.6 Å². The van der Waals surface area contributed by atoms with E-state index in [1.807, 2.05) is 24.3 Å². The van der Waals surface area contributed by atoms with Crippen LogP contribution >= 0.6 is 11.6 Å². The third kappa shape index (κ3) is 9.21. The van der Waals surface area contributed by atoms with Gasteiger partial charge in [-0.15, -0.1) is 0 Å². The minimum Gasteiger partial charge on any atom is -0.491 e. The fraction of sp³-hybridized carbons (Fsp3) is 0.500. The van der Waals surface area contributed by atoms with Crippen molar-refractivity contribution in [2.45, 2.75) is 77.1 Å². The van der Waals surface area contributed by atoms with Crippen molar-refractivity contribution in [2.75, 3.05) is 13.2 Å². The zero-order valence-corrected chi connectivity index (χ0v) is 24.8. The van der Waals surface area contributed by atoms with Crippen LogP contribution in [0.4, 0.5) is 4.79 Å². The number of hydrogen-bond acceptors (Lipinski definition) is 6. The molecule has 1 heterocycles. The Morgan fingerprint density at radius 3 is 2.64 bits per heavy atom. The number of alkyl carbamates (subject to hydrolysis) is 1. The fourth-order valence-electron chi connectivity index (χ4n) is 5.69. The Hall–Kier alpha value is -3.59. The Kier molecular flexibility index (Phi) is 11.6. The van der Waals surface area contributed by atoms with E-state index in [0.717, 1.165) is 49.0 Å². The summed E-state index contributed by atoms with van der Waals surface area (Å²) in [6.45, 7) is 2.99. The molecule has 2 aliphatic rings. The highest BCUT2D eigenvalue weighted by atomic mass is 35.5. The van der Waals surface area contributed by atoms with Gasteiger partial charge in [-0.25, -0.2) is 4.79 Å². The topological polar surface area (TPSA) is 114 Å². The maximum absolute atomic E-state index is 13.4. The lowest BCUT2D eigenvalue weighted by Crippen LogP contribution is -2.51. The summed E-state index contributed by atoms with van der Waals surface area (Å²) in [4.78, 5) is 53.2. The van der Waals surface area contributed by atoms with E-state index < -0.39 is 30.0 Å². The lowest BCUT2D eigenvalue weighted by atomic mass is 9.84. The average molecular weight is 598 g/mol. The fourth-order valence-corrected chi connectivity index (χ4v) is 5.90. The van der Waals surface area contributed by atoms with Crippen LogP contribution < -0.4 is 15.4 Å². The Labute approximate surface area is 252 Å². The molecule has 3 atom stereocenters. The number of rotatable bonds is 11. The van der Waals surface area contributed by atoms with Crippen molar-refractivity contribution in [1.29, 1.82) is 0 Å². The van der Waals surface area contributed by atoms with Crippen LogP contribution in [0.5, 0.6) is 5.75 Å². The molecule has 9 nitrogen and oxygen atoms in total. The van der Waals surface area contributed by atoms with Gasteiger partial charge >= 0.3 is 6.09 Å². The zero-order valence-electron chi connectivity index (χ0n) is 24.1. The molecule has 2 aromatic carbocycles. The molecule has 42 heavy (non-hydrogen) atoms. The molecule has 10 heteroatoms. The van der Waals surface area contributed by atoms with E-state index >= 15 is 0 Å². The first kappa shape index (κ1) is 31.3. The summed E-state index contributed by atoms with van der Waals surface area (Å²) >= 11 is 6.02. The third-order valence-corrected chi connectivity index (χ3v) is 8.18. The van der Waals surface area contributed by atoms with E-state index in [4.69, 9.17) is 21.1 Å². The molecule has 0 aromatic heterocycles. The number of ether oxygens (including phenoxy) is 2. The Bertz CT molecular complexity index is 1230. The molecule has 0 radical (unpaired) electrons. The maximum atomic E-state index is 13.4. The van der Waals surface area contributed by atoms with Gasteiger partial charge in [-0.2, -0.15) is 0 Å². The van der Waals surface area contributed by atoms with Crippen molar-refractivity contribution in [3.63, 3.8) is 0 Å². The lowest BCUT2D eigenvalue weighted by Gasteiger charge is -2.28. The number of hydrogen-bond donors (Lipinski definition) is 2. The second-order valence-electron chi connectivity index (χ2n) is 11.2. The van der Waals surface area contributed by atoms with Gasteiger partial charge in [0.05, 0.1) is 12.6 Å². The lowest BCUT2D eigenvalue weighted by molar-refractivity contribution is -0.136. The van der Waals surface area contributed by atoms with Gasteiger partial charge in [0, 0.05) is 23.0 Å². The van der Waals surface area contributed by atoms with E-state index in [-0.39, 0.29) is 24.9 Å². The van der Waals surface area contributed by atoms with E-state index in [9.17, 15) is 19.2 Å². The van der Waals surface area contributed by atoms with E-state index in [1.54, 1.807) is 36.1 Å². The van der Waals surface area contributed by atoms with Crippen LogP contribution in [-0.4, -0.2) is 54.3 Å². The molecule has 0 saturated heterocycles. The van der Waals surface area contributed by atoms with Crippen molar-refractivity contribution in [3.05, 3.63) is 64.7 Å². The average Bonchev–Trinajstić information content (AvgIpc) is 3.22. The summed E-state index contributed by atoms with van der Waals surface area (Å²) in [5.74, 6) is -0.0442. The number of amides is 3. The van der Waals surface area contributed by atoms with Gasteiger partial charge in [-0.3, -0.25) is 9.59 Å². The molecule has 4 rings (SSSR count). The van der Waals surface area contributed by atoms with Crippen LogP contribution in [0.15, 0.2) is 48.5 Å². The molecule has 0 bridgehead atoms. The molecule has 2 aromatic rings. The van der Waals surface area contributed by atoms with Crippen LogP contribution in [-0.2, 0) is 32.3 Å². The maximum Gasteiger partial charge on any atom is 0.408 e. The summed E-state index contributed by atoms with van der Waals surface area (Å²) in [5, 5.41) is 6.02. The van der Waals surface area contributed by atoms with Crippen molar-refractivity contribution < 1.29 is 28.7 Å². The first-order valence-electron chi connectivity index (χ1n) is 14.7. The summed E-state index contributed by atoms with van der Waals surface area (Å²) in [6, 6.07) is 12.9. The van der Waals surface area contributed by atoms with Crippen molar-refractivity contribution >= 4 is 35.8 Å². The molecule has 1 fully saturated rings. The van der Waals surface area contributed by atoms with Gasteiger partial charge < -0.3 is 29.8 Å². The highest BCUT2D eigenvalue weighted by Gasteiger charge is 2.30. The Morgan fingerprint density at radius 1 is 1.10 bits per heavy atom. The molecule has 226 valence electrons. The van der Waals surface area contributed by atoms with Gasteiger partial charge in [0.2, 0.25) is 11.8 Å². The number of aldehydes is 1. The van der Waals surface area contributed by atoms with E-state index in [1.165, 1.54) is 0 Å². The second-order valence-corrected chi connectivity index (χ2v) is 11.7. The number of nitrogens with one attached hydrogen (secondary N) is 2. The monoisotopic (exact) mass is 597 g/mol. The number of halogens is 1. The molecule has 1 saturated carbocycles. The molecule has 3 unspecified atom stereocenters. The number of fused-ring (bicyclic) bond motifs is 1. The van der Waals surface area contributed by atoms with Crippen LogP contribution in [0.3, 0.4) is 0 Å². The van der Waals surface area contributed by atoms with E-state index in [0.29, 0.717) is 37.4 Å². The number of para-hydroxylation sites is 1. The van der Waals surface area contributed by atoms with Crippen molar-refractivity contribution in [1.82, 2.24) is 15.5 Å². The standard InChI is InChI=1S/C32H40ClN3O6/c1-22(31(39)36-14-15-41-29-13-6-5-11-25(29)19-36)16-27(20-37)34-30(38)28(18-23-8-3-2-4-9-23)35-32(40)42-21-24-10-7-12-26(33)17-24/h5-7,10-13,17,20,22-23,27-28H,2-4,8-9,14-16,18-19,21H2,1H3,(H,34,38)(H,35,40). The second kappa shape index (κ2) is 15.6. The SMILES string of the molecule is CC(CC(C=O)NC(=O)C(CC1CCCCC1)NC(=O)OCc1cccc(Cl)c1)C(=O)N1CCOc2ccccc2C1. The van der Waals surface area contributed by atoms with Crippen LogP contribution in [0.2, 0.25) is 5.02 Å². The summed E-state index contributed by atoms with van der Waals surface area (Å²) in [5.41, 5.74) is 1.65. The molecule has 0 spiro atoms. The number of nitrogens with zero attached hydrogens (tertiary/aromatic N) is 1. The van der Waals surface area contributed by atoms with Gasteiger partial charge in [0.15, 0.2) is 0 Å². The van der Waals surface area contributed by atoms with Gasteiger partial charge in [-0.1, -0.05) is 81.0 Å². The summed E-state index contributed by atoms with van der Waals surface area (Å²) < 4.78 is 11.1. The first-order valence-corrected chi connectivity index (χ1v) is 15.1. The minimum absolute atomic E-state index is 0.00671. The zero-order chi connectivity index (χ0) is 29.9. The van der Waals surface area contributed by atoms with Crippen LogP contribution in [0.25, 0.3) is 0 Å². The molecule has 1 aliphatic heterocycles. The summed E-state index contributed by atoms with van der Waals surface area (Å²) in [7, 11) is 0. The minimum atomic E-state index is -0.884. The predicted octanol–water partition coefficient (Wildman–Crippen LogP) is 5.04. The van der Waals surface area contributed by atoms with Crippen molar-refractivity contribution in [2.24, 2.45) is 11.8 Å². The van der Waals surface area contributed by atoms with Gasteiger partial charge in [-0.05, 0) is 42.5 Å². The van der Waals surface area contributed by atoms with Crippen LogP contribution in [0.1, 0.15) is 63.0 Å². The predicted molar refractivity (Wildman–Crippen MR) is 159 cm³/mol. The number of benzene rings is 2. The largest absolute Gasteiger partial charge is 0.491 e. The normalized spacial score (nSPS) is 17.4. The highest BCUT2D eigenvalue weighted by molar-refractivity contribution is 6.30. The highest BCUT2D eigenvalue weighted by Crippen LogP contribution is 2.28. The van der Waals surface area contributed by atoms with Gasteiger partial charge in [0.1, 0.15) is 31.3 Å². The molecule has 3 amide bonds. The third-order valence-electron chi connectivity index (χ3n) is 7.95. The Morgan fingerprint density at radius 2 is 1.88 bits per heavy atom. The molecule has 1 aliphatic carbocycles. The van der Waals surface area contributed by atoms with Crippen molar-refractivity contribution in [3.8, 4) is 5.75 Å².